The van der Waals surface area contributed by atoms with Crippen LogP contribution in [0.25, 0.3) is 10.2 Å². The molecule has 3 rings (SSSR count). The fraction of sp³-hybridized carbons (Fsp3) is 0.538. The maximum atomic E-state index is 5.81. The Bertz CT molecular complexity index is 586. The predicted molar refractivity (Wildman–Crippen MR) is 76.1 cm³/mol. The number of aryl methyl sites for hydroxylation is 2. The molecule has 3 N–H and O–H groups in total. The van der Waals surface area contributed by atoms with Crippen molar-refractivity contribution in [3.63, 3.8) is 0 Å². The van der Waals surface area contributed by atoms with Crippen LogP contribution in [-0.4, -0.2) is 23.1 Å². The van der Waals surface area contributed by atoms with Gasteiger partial charge in [-0.2, -0.15) is 0 Å². The number of hydrogen-bond donors (Lipinski definition) is 2. The summed E-state index contributed by atoms with van der Waals surface area (Å²) in [5.74, 6) is 0.960. The third kappa shape index (κ3) is 1.87. The van der Waals surface area contributed by atoms with Crippen LogP contribution in [0.2, 0.25) is 0 Å². The molecule has 0 spiro atoms. The molecular formula is C13H18N4S. The summed E-state index contributed by atoms with van der Waals surface area (Å²) in [6, 6.07) is 0. The first-order chi connectivity index (χ1) is 8.65. The van der Waals surface area contributed by atoms with E-state index in [1.165, 1.54) is 28.7 Å². The monoisotopic (exact) mass is 262 g/mol. The van der Waals surface area contributed by atoms with Crippen LogP contribution in [0.5, 0.6) is 0 Å². The summed E-state index contributed by atoms with van der Waals surface area (Å²) in [5, 5.41) is 4.64. The number of hydrogen-bond acceptors (Lipinski definition) is 5. The largest absolute Gasteiger partial charge is 0.369 e. The van der Waals surface area contributed by atoms with Crippen molar-refractivity contribution in [2.45, 2.75) is 26.7 Å². The smallest absolute Gasteiger partial charge is 0.138 e. The average molecular weight is 262 g/mol. The van der Waals surface area contributed by atoms with Crippen molar-refractivity contribution >= 4 is 27.4 Å². The Labute approximate surface area is 111 Å². The molecule has 1 saturated carbocycles. The van der Waals surface area contributed by atoms with Gasteiger partial charge in [0, 0.05) is 11.4 Å². The molecule has 1 aliphatic rings. The first-order valence-corrected chi connectivity index (χ1v) is 7.11. The normalized spacial score (nSPS) is 17.1. The van der Waals surface area contributed by atoms with E-state index in [2.05, 4.69) is 29.1 Å². The Hall–Kier alpha value is -1.20. The molecule has 5 heteroatoms. The molecule has 0 aliphatic heterocycles. The molecule has 0 radical (unpaired) electrons. The summed E-state index contributed by atoms with van der Waals surface area (Å²) < 4.78 is 0. The van der Waals surface area contributed by atoms with Gasteiger partial charge in [-0.25, -0.2) is 9.97 Å². The Balaban J connectivity index is 1.91. The zero-order valence-corrected chi connectivity index (χ0v) is 11.6. The first-order valence-electron chi connectivity index (χ1n) is 6.30. The van der Waals surface area contributed by atoms with E-state index in [0.717, 1.165) is 23.7 Å². The van der Waals surface area contributed by atoms with Crippen LogP contribution in [0.1, 0.15) is 23.3 Å². The van der Waals surface area contributed by atoms with E-state index in [1.54, 1.807) is 17.7 Å². The van der Waals surface area contributed by atoms with E-state index in [1.807, 2.05) is 0 Å². The van der Waals surface area contributed by atoms with E-state index < -0.39 is 0 Å². The molecule has 2 aromatic heterocycles. The van der Waals surface area contributed by atoms with Crippen molar-refractivity contribution in [2.75, 3.05) is 18.4 Å². The fourth-order valence-electron chi connectivity index (χ4n) is 2.22. The maximum Gasteiger partial charge on any atom is 0.138 e. The zero-order chi connectivity index (χ0) is 12.8. The van der Waals surface area contributed by atoms with Gasteiger partial charge in [0.25, 0.3) is 0 Å². The molecule has 0 unspecified atom stereocenters. The molecule has 1 aliphatic carbocycles. The van der Waals surface area contributed by atoms with Crippen LogP contribution in [0.3, 0.4) is 0 Å². The number of aromatic nitrogens is 2. The minimum absolute atomic E-state index is 0.316. The van der Waals surface area contributed by atoms with Gasteiger partial charge >= 0.3 is 0 Å². The standard InChI is InChI=1S/C13H18N4S/c1-8-9(2)18-12-10(8)11(16-7-17-12)15-6-13(5-14)3-4-13/h7H,3-6,14H2,1-2H3,(H,15,16,17). The minimum atomic E-state index is 0.316. The molecular weight excluding hydrogens is 244 g/mol. The van der Waals surface area contributed by atoms with Crippen LogP contribution in [0.15, 0.2) is 6.33 Å². The SMILES string of the molecule is Cc1sc2ncnc(NCC3(CN)CC3)c2c1C. The van der Waals surface area contributed by atoms with Crippen molar-refractivity contribution in [2.24, 2.45) is 11.1 Å². The third-order valence-electron chi connectivity index (χ3n) is 3.99. The topological polar surface area (TPSA) is 63.8 Å². The lowest BCUT2D eigenvalue weighted by atomic mass is 10.1. The number of thiophene rings is 1. The van der Waals surface area contributed by atoms with Crippen molar-refractivity contribution in [1.82, 2.24) is 9.97 Å². The van der Waals surface area contributed by atoms with Gasteiger partial charge in [-0.3, -0.25) is 0 Å². The number of rotatable bonds is 4. The van der Waals surface area contributed by atoms with E-state index in [-0.39, 0.29) is 0 Å². The quantitative estimate of drug-likeness (QED) is 0.888. The summed E-state index contributed by atoms with van der Waals surface area (Å²) in [5.41, 5.74) is 7.41. The molecule has 2 heterocycles. The van der Waals surface area contributed by atoms with Gasteiger partial charge in [0.2, 0.25) is 0 Å². The Morgan fingerprint density at radius 3 is 2.83 bits per heavy atom. The third-order valence-corrected chi connectivity index (χ3v) is 5.10. The second-order valence-corrected chi connectivity index (χ2v) is 6.45. The van der Waals surface area contributed by atoms with Gasteiger partial charge in [0.1, 0.15) is 17.0 Å². The highest BCUT2D eigenvalue weighted by Crippen LogP contribution is 2.44. The molecule has 0 saturated heterocycles. The molecule has 0 atom stereocenters. The first kappa shape index (κ1) is 11.9. The van der Waals surface area contributed by atoms with Crippen molar-refractivity contribution < 1.29 is 0 Å². The highest BCUT2D eigenvalue weighted by Gasteiger charge is 2.41. The number of anilines is 1. The number of fused-ring (bicyclic) bond motifs is 1. The van der Waals surface area contributed by atoms with Gasteiger partial charge in [-0.15, -0.1) is 11.3 Å². The molecule has 0 aromatic carbocycles. The molecule has 0 amide bonds. The highest BCUT2D eigenvalue weighted by atomic mass is 32.1. The van der Waals surface area contributed by atoms with Crippen molar-refractivity contribution in [3.8, 4) is 0 Å². The Morgan fingerprint density at radius 2 is 2.17 bits per heavy atom. The summed E-state index contributed by atoms with van der Waals surface area (Å²) in [6.45, 7) is 5.95. The Morgan fingerprint density at radius 1 is 1.39 bits per heavy atom. The lowest BCUT2D eigenvalue weighted by molar-refractivity contribution is 0.555. The van der Waals surface area contributed by atoms with Crippen LogP contribution < -0.4 is 11.1 Å². The average Bonchev–Trinajstić information content (AvgIpc) is 3.10. The number of nitrogens with two attached hydrogens (primary N) is 1. The molecule has 96 valence electrons. The van der Waals surface area contributed by atoms with Gasteiger partial charge < -0.3 is 11.1 Å². The van der Waals surface area contributed by atoms with Gasteiger partial charge in [-0.05, 0) is 44.2 Å². The van der Waals surface area contributed by atoms with Gasteiger partial charge in [-0.1, -0.05) is 0 Å². The molecule has 0 bridgehead atoms. The van der Waals surface area contributed by atoms with E-state index in [0.29, 0.717) is 5.41 Å². The van der Waals surface area contributed by atoms with Crippen molar-refractivity contribution in [1.29, 1.82) is 0 Å². The summed E-state index contributed by atoms with van der Waals surface area (Å²) in [6.07, 6.45) is 4.10. The molecule has 2 aromatic rings. The van der Waals surface area contributed by atoms with Crippen LogP contribution in [0, 0.1) is 19.3 Å². The number of nitrogens with one attached hydrogen (secondary N) is 1. The lowest BCUT2D eigenvalue weighted by Gasteiger charge is -2.14. The molecule has 4 nitrogen and oxygen atoms in total. The highest BCUT2D eigenvalue weighted by molar-refractivity contribution is 7.18. The van der Waals surface area contributed by atoms with Gasteiger partial charge in [0.05, 0.1) is 5.39 Å². The summed E-state index contributed by atoms with van der Waals surface area (Å²) in [4.78, 5) is 11.1. The molecule has 18 heavy (non-hydrogen) atoms. The van der Waals surface area contributed by atoms with Crippen molar-refractivity contribution in [3.05, 3.63) is 16.8 Å². The van der Waals surface area contributed by atoms with E-state index in [4.69, 9.17) is 5.73 Å². The van der Waals surface area contributed by atoms with Crippen LogP contribution in [0.4, 0.5) is 5.82 Å². The second kappa shape index (κ2) is 4.17. The van der Waals surface area contributed by atoms with Crippen LogP contribution >= 0.6 is 11.3 Å². The zero-order valence-electron chi connectivity index (χ0n) is 10.8. The lowest BCUT2D eigenvalue weighted by Crippen LogP contribution is -2.24. The number of nitrogens with zero attached hydrogens (tertiary/aromatic N) is 2. The second-order valence-electron chi connectivity index (χ2n) is 5.24. The summed E-state index contributed by atoms with van der Waals surface area (Å²) in [7, 11) is 0. The Kier molecular flexibility index (Phi) is 2.75. The fourth-order valence-corrected chi connectivity index (χ4v) is 3.21. The predicted octanol–water partition coefficient (Wildman–Crippen LogP) is 2.46. The van der Waals surface area contributed by atoms with Gasteiger partial charge in [0.15, 0.2) is 0 Å². The van der Waals surface area contributed by atoms with E-state index in [9.17, 15) is 0 Å². The maximum absolute atomic E-state index is 5.81. The molecule has 1 fully saturated rings. The summed E-state index contributed by atoms with van der Waals surface area (Å²) >= 11 is 1.73. The van der Waals surface area contributed by atoms with Crippen LogP contribution in [-0.2, 0) is 0 Å². The van der Waals surface area contributed by atoms with E-state index >= 15 is 0 Å². The minimum Gasteiger partial charge on any atom is -0.369 e.